The smallest absolute Gasteiger partial charge is 0.407 e. The second-order valence-electron chi connectivity index (χ2n) is 4.46. The number of alkyl carbamates (subject to hydrolysis) is 1. The number of rotatable bonds is 3. The van der Waals surface area contributed by atoms with Crippen molar-refractivity contribution in [3.05, 3.63) is 36.0 Å². The summed E-state index contributed by atoms with van der Waals surface area (Å²) in [5, 5.41) is 12.6. The van der Waals surface area contributed by atoms with Crippen molar-refractivity contribution < 1.29 is 19.4 Å². The number of carbonyl (C=O) groups excluding carboxylic acids is 1. The Morgan fingerprint density at radius 3 is 3.00 bits per heavy atom. The SMILES string of the molecule is O=C1NCC(Cn2ccc3ccc(C(=O)O)cc32)O1. The maximum absolute atomic E-state index is 11.0. The predicted octanol–water partition coefficient (Wildman–Crippen LogP) is 1.45. The molecule has 1 aromatic heterocycles. The summed E-state index contributed by atoms with van der Waals surface area (Å²) in [4.78, 5) is 21.9. The number of fused-ring (bicyclic) bond motifs is 1. The summed E-state index contributed by atoms with van der Waals surface area (Å²) in [7, 11) is 0. The molecule has 1 saturated heterocycles. The summed E-state index contributed by atoms with van der Waals surface area (Å²) >= 11 is 0. The van der Waals surface area contributed by atoms with Crippen LogP contribution in [0.4, 0.5) is 4.79 Å². The molecule has 0 saturated carbocycles. The van der Waals surface area contributed by atoms with Crippen molar-refractivity contribution in [2.24, 2.45) is 0 Å². The fourth-order valence-corrected chi connectivity index (χ4v) is 2.23. The van der Waals surface area contributed by atoms with E-state index < -0.39 is 12.1 Å². The second kappa shape index (κ2) is 4.31. The number of carboxylic acids is 1. The molecule has 1 unspecified atom stereocenters. The Morgan fingerprint density at radius 2 is 2.32 bits per heavy atom. The normalized spacial score (nSPS) is 18.3. The molecule has 2 N–H and O–H groups in total. The Labute approximate surface area is 108 Å². The summed E-state index contributed by atoms with van der Waals surface area (Å²) in [5.41, 5.74) is 1.07. The molecule has 1 amide bonds. The molecule has 2 heterocycles. The number of nitrogens with zero attached hydrogens (tertiary/aromatic N) is 1. The fourth-order valence-electron chi connectivity index (χ4n) is 2.23. The molecule has 0 aliphatic carbocycles. The number of carboxylic acid groups (broad SMARTS) is 1. The third kappa shape index (κ3) is 2.12. The third-order valence-electron chi connectivity index (χ3n) is 3.17. The van der Waals surface area contributed by atoms with Crippen LogP contribution in [0.1, 0.15) is 10.4 Å². The minimum atomic E-state index is -0.955. The lowest BCUT2D eigenvalue weighted by molar-refractivity contribution is 0.0697. The number of benzene rings is 1. The van der Waals surface area contributed by atoms with Gasteiger partial charge in [-0.2, -0.15) is 0 Å². The number of aromatic nitrogens is 1. The van der Waals surface area contributed by atoms with E-state index >= 15 is 0 Å². The first-order valence-corrected chi connectivity index (χ1v) is 5.90. The van der Waals surface area contributed by atoms with E-state index in [1.807, 2.05) is 16.8 Å². The molecule has 2 aromatic rings. The highest BCUT2D eigenvalue weighted by molar-refractivity contribution is 5.93. The van der Waals surface area contributed by atoms with Gasteiger partial charge in [0.2, 0.25) is 0 Å². The largest absolute Gasteiger partial charge is 0.478 e. The van der Waals surface area contributed by atoms with E-state index in [-0.39, 0.29) is 11.7 Å². The van der Waals surface area contributed by atoms with Crippen LogP contribution in [0.3, 0.4) is 0 Å². The van der Waals surface area contributed by atoms with Crippen LogP contribution in [0, 0.1) is 0 Å². The lowest BCUT2D eigenvalue weighted by Crippen LogP contribution is -2.20. The molecular formula is C13H12N2O4. The van der Waals surface area contributed by atoms with E-state index in [0.717, 1.165) is 10.9 Å². The highest BCUT2D eigenvalue weighted by Crippen LogP contribution is 2.19. The van der Waals surface area contributed by atoms with Gasteiger partial charge in [0.1, 0.15) is 6.10 Å². The van der Waals surface area contributed by atoms with Gasteiger partial charge in [0, 0.05) is 11.7 Å². The third-order valence-corrected chi connectivity index (χ3v) is 3.17. The molecule has 1 aliphatic rings. The second-order valence-corrected chi connectivity index (χ2v) is 4.46. The van der Waals surface area contributed by atoms with E-state index in [1.54, 1.807) is 18.2 Å². The summed E-state index contributed by atoms with van der Waals surface area (Å²) in [6, 6.07) is 6.88. The van der Waals surface area contributed by atoms with E-state index in [4.69, 9.17) is 9.84 Å². The van der Waals surface area contributed by atoms with Crippen molar-refractivity contribution in [3.63, 3.8) is 0 Å². The summed E-state index contributed by atoms with van der Waals surface area (Å²) in [6.45, 7) is 0.975. The molecule has 98 valence electrons. The molecule has 1 fully saturated rings. The molecule has 1 atom stereocenters. The van der Waals surface area contributed by atoms with E-state index in [1.165, 1.54) is 0 Å². The highest BCUT2D eigenvalue weighted by Gasteiger charge is 2.23. The number of hydrogen-bond donors (Lipinski definition) is 2. The molecule has 6 heteroatoms. The molecule has 0 spiro atoms. The molecule has 1 aliphatic heterocycles. The summed E-state index contributed by atoms with van der Waals surface area (Å²) in [5.74, 6) is -0.955. The van der Waals surface area contributed by atoms with Gasteiger partial charge in [-0.05, 0) is 23.6 Å². The number of carbonyl (C=O) groups is 2. The Morgan fingerprint density at radius 1 is 1.47 bits per heavy atom. The van der Waals surface area contributed by atoms with Crippen LogP contribution in [-0.2, 0) is 11.3 Å². The summed E-state index contributed by atoms with van der Waals surface area (Å²) < 4.78 is 6.97. The quantitative estimate of drug-likeness (QED) is 0.875. The molecule has 19 heavy (non-hydrogen) atoms. The number of aromatic carboxylic acids is 1. The molecule has 3 rings (SSSR count). The van der Waals surface area contributed by atoms with Crippen LogP contribution in [0.15, 0.2) is 30.5 Å². The van der Waals surface area contributed by atoms with E-state index in [0.29, 0.717) is 13.1 Å². The molecular weight excluding hydrogens is 248 g/mol. The highest BCUT2D eigenvalue weighted by atomic mass is 16.6. The van der Waals surface area contributed by atoms with E-state index in [2.05, 4.69) is 5.32 Å². The van der Waals surface area contributed by atoms with Gasteiger partial charge in [0.05, 0.1) is 18.7 Å². The van der Waals surface area contributed by atoms with Crippen molar-refractivity contribution in [2.45, 2.75) is 12.6 Å². The van der Waals surface area contributed by atoms with Crippen LogP contribution in [-0.4, -0.2) is 34.4 Å². The average molecular weight is 260 g/mol. The minimum absolute atomic E-state index is 0.225. The first-order chi connectivity index (χ1) is 9.13. The van der Waals surface area contributed by atoms with Crippen LogP contribution in [0.2, 0.25) is 0 Å². The summed E-state index contributed by atoms with van der Waals surface area (Å²) in [6.07, 6.45) is 1.23. The monoisotopic (exact) mass is 260 g/mol. The van der Waals surface area contributed by atoms with Crippen LogP contribution >= 0.6 is 0 Å². The number of amides is 1. The number of ether oxygens (including phenoxy) is 1. The zero-order valence-electron chi connectivity index (χ0n) is 10.00. The van der Waals surface area contributed by atoms with Crippen molar-refractivity contribution in [3.8, 4) is 0 Å². The van der Waals surface area contributed by atoms with Crippen LogP contribution < -0.4 is 5.32 Å². The maximum atomic E-state index is 11.0. The maximum Gasteiger partial charge on any atom is 0.407 e. The Kier molecular flexibility index (Phi) is 2.63. The minimum Gasteiger partial charge on any atom is -0.478 e. The van der Waals surface area contributed by atoms with E-state index in [9.17, 15) is 9.59 Å². The Hall–Kier alpha value is -2.50. The number of nitrogens with one attached hydrogen (secondary N) is 1. The number of hydrogen-bond acceptors (Lipinski definition) is 3. The van der Waals surface area contributed by atoms with Crippen molar-refractivity contribution in [1.82, 2.24) is 9.88 Å². The molecule has 6 nitrogen and oxygen atoms in total. The van der Waals surface area contributed by atoms with Gasteiger partial charge in [0.25, 0.3) is 0 Å². The predicted molar refractivity (Wildman–Crippen MR) is 67.2 cm³/mol. The first-order valence-electron chi connectivity index (χ1n) is 5.90. The average Bonchev–Trinajstić information content (AvgIpc) is 2.96. The van der Waals surface area contributed by atoms with Gasteiger partial charge in [-0.15, -0.1) is 0 Å². The Bertz CT molecular complexity index is 662. The van der Waals surface area contributed by atoms with Crippen molar-refractivity contribution in [2.75, 3.05) is 6.54 Å². The zero-order chi connectivity index (χ0) is 13.4. The van der Waals surface area contributed by atoms with Gasteiger partial charge in [-0.1, -0.05) is 6.07 Å². The molecule has 0 radical (unpaired) electrons. The van der Waals surface area contributed by atoms with Gasteiger partial charge in [0.15, 0.2) is 0 Å². The molecule has 0 bridgehead atoms. The van der Waals surface area contributed by atoms with Crippen LogP contribution in [0.5, 0.6) is 0 Å². The molecule has 1 aromatic carbocycles. The number of cyclic esters (lactones) is 1. The fraction of sp³-hybridized carbons (Fsp3) is 0.231. The lowest BCUT2D eigenvalue weighted by Gasteiger charge is -2.10. The lowest BCUT2D eigenvalue weighted by atomic mass is 10.1. The van der Waals surface area contributed by atoms with Crippen LogP contribution in [0.25, 0.3) is 10.9 Å². The standard InChI is InChI=1S/C13H12N2O4/c16-12(17)9-2-1-8-3-4-15(11(8)5-9)7-10-6-14-13(18)19-10/h1-5,10H,6-7H2,(H,14,18)(H,16,17). The van der Waals surface area contributed by atoms with Crippen molar-refractivity contribution in [1.29, 1.82) is 0 Å². The van der Waals surface area contributed by atoms with Gasteiger partial charge in [-0.25, -0.2) is 9.59 Å². The van der Waals surface area contributed by atoms with Gasteiger partial charge >= 0.3 is 12.1 Å². The Balaban J connectivity index is 1.92. The topological polar surface area (TPSA) is 80.6 Å². The van der Waals surface area contributed by atoms with Gasteiger partial charge < -0.3 is 19.7 Å². The van der Waals surface area contributed by atoms with Gasteiger partial charge in [-0.3, -0.25) is 0 Å². The zero-order valence-corrected chi connectivity index (χ0v) is 10.00. The first kappa shape index (κ1) is 11.6. The van der Waals surface area contributed by atoms with Crippen molar-refractivity contribution >= 4 is 23.0 Å².